The predicted octanol–water partition coefficient (Wildman–Crippen LogP) is 3.54. The number of halogens is 1. The van der Waals surface area contributed by atoms with Crippen molar-refractivity contribution in [2.24, 2.45) is 5.92 Å². The third-order valence-electron chi connectivity index (χ3n) is 2.89. The SMILES string of the molecule is CC(C)COCCNC(=O)c1sc2cccc(Cl)c2c1N. The molecule has 0 radical (unpaired) electrons. The Hall–Kier alpha value is -1.30. The molecule has 1 heterocycles. The first-order valence-electron chi connectivity index (χ1n) is 6.83. The molecule has 1 aromatic heterocycles. The third-order valence-corrected chi connectivity index (χ3v) is 4.38. The number of rotatable bonds is 6. The zero-order valence-electron chi connectivity index (χ0n) is 12.1. The second-order valence-electron chi connectivity index (χ2n) is 5.18. The zero-order valence-corrected chi connectivity index (χ0v) is 13.7. The van der Waals surface area contributed by atoms with Gasteiger partial charge in [-0.1, -0.05) is 31.5 Å². The summed E-state index contributed by atoms with van der Waals surface area (Å²) < 4.78 is 6.34. The van der Waals surface area contributed by atoms with E-state index in [9.17, 15) is 4.79 Å². The lowest BCUT2D eigenvalue weighted by molar-refractivity contribution is 0.0890. The average Bonchev–Trinajstić information content (AvgIpc) is 2.76. The number of hydrogen-bond donors (Lipinski definition) is 2. The summed E-state index contributed by atoms with van der Waals surface area (Å²) in [5, 5.41) is 4.14. The average molecular weight is 327 g/mol. The lowest BCUT2D eigenvalue weighted by Gasteiger charge is -2.07. The van der Waals surface area contributed by atoms with Crippen LogP contribution in [-0.4, -0.2) is 25.7 Å². The first-order valence-corrected chi connectivity index (χ1v) is 8.02. The van der Waals surface area contributed by atoms with Gasteiger partial charge in [0.2, 0.25) is 0 Å². The van der Waals surface area contributed by atoms with Crippen LogP contribution in [0.3, 0.4) is 0 Å². The van der Waals surface area contributed by atoms with E-state index in [1.54, 1.807) is 6.07 Å². The molecule has 0 spiro atoms. The molecule has 0 bridgehead atoms. The Morgan fingerprint density at radius 1 is 1.48 bits per heavy atom. The van der Waals surface area contributed by atoms with Crippen molar-refractivity contribution >= 4 is 44.6 Å². The number of nitrogen functional groups attached to an aromatic ring is 1. The Morgan fingerprint density at radius 2 is 2.24 bits per heavy atom. The number of ether oxygens (including phenoxy) is 1. The summed E-state index contributed by atoms with van der Waals surface area (Å²) in [6.07, 6.45) is 0. The van der Waals surface area contributed by atoms with Crippen molar-refractivity contribution in [3.8, 4) is 0 Å². The highest BCUT2D eigenvalue weighted by Crippen LogP contribution is 2.37. The molecule has 0 aliphatic carbocycles. The number of hydrogen-bond acceptors (Lipinski definition) is 4. The van der Waals surface area contributed by atoms with Crippen LogP contribution in [0, 0.1) is 5.92 Å². The largest absolute Gasteiger partial charge is 0.397 e. The lowest BCUT2D eigenvalue weighted by atomic mass is 10.2. The van der Waals surface area contributed by atoms with Crippen molar-refractivity contribution in [1.82, 2.24) is 5.32 Å². The van der Waals surface area contributed by atoms with Gasteiger partial charge in [-0.15, -0.1) is 11.3 Å². The molecule has 2 rings (SSSR count). The molecule has 0 unspecified atom stereocenters. The molecule has 3 N–H and O–H groups in total. The van der Waals surface area contributed by atoms with E-state index in [1.807, 2.05) is 12.1 Å². The van der Waals surface area contributed by atoms with Gasteiger partial charge >= 0.3 is 0 Å². The summed E-state index contributed by atoms with van der Waals surface area (Å²) >= 11 is 7.48. The van der Waals surface area contributed by atoms with E-state index in [2.05, 4.69) is 19.2 Å². The molecule has 2 aromatic rings. The minimum atomic E-state index is -0.182. The van der Waals surface area contributed by atoms with Gasteiger partial charge in [0.1, 0.15) is 4.88 Å². The van der Waals surface area contributed by atoms with Crippen molar-refractivity contribution in [2.45, 2.75) is 13.8 Å². The van der Waals surface area contributed by atoms with Crippen LogP contribution in [0.5, 0.6) is 0 Å². The zero-order chi connectivity index (χ0) is 15.4. The molecule has 6 heteroatoms. The van der Waals surface area contributed by atoms with E-state index < -0.39 is 0 Å². The molecule has 0 aliphatic heterocycles. The maximum atomic E-state index is 12.2. The first kappa shape index (κ1) is 16.1. The van der Waals surface area contributed by atoms with Gasteiger partial charge in [0.05, 0.1) is 17.3 Å². The number of carbonyl (C=O) groups excluding carboxylic acids is 1. The van der Waals surface area contributed by atoms with Crippen LogP contribution < -0.4 is 11.1 Å². The number of thiophene rings is 1. The fourth-order valence-corrected chi connectivity index (χ4v) is 3.33. The van der Waals surface area contributed by atoms with Gasteiger partial charge in [0.25, 0.3) is 5.91 Å². The van der Waals surface area contributed by atoms with Gasteiger partial charge in [-0.05, 0) is 18.1 Å². The summed E-state index contributed by atoms with van der Waals surface area (Å²) in [6, 6.07) is 5.53. The number of anilines is 1. The maximum absolute atomic E-state index is 12.2. The Kier molecular flexibility index (Phi) is 5.45. The molecule has 1 aromatic carbocycles. The molecule has 114 valence electrons. The molecular weight excluding hydrogens is 308 g/mol. The van der Waals surface area contributed by atoms with Gasteiger partial charge in [-0.3, -0.25) is 4.79 Å². The van der Waals surface area contributed by atoms with Crippen LogP contribution in [0.2, 0.25) is 5.02 Å². The highest BCUT2D eigenvalue weighted by molar-refractivity contribution is 7.21. The number of carbonyl (C=O) groups is 1. The van der Waals surface area contributed by atoms with Crippen LogP contribution in [0.15, 0.2) is 18.2 Å². The number of nitrogens with one attached hydrogen (secondary N) is 1. The summed E-state index contributed by atoms with van der Waals surface area (Å²) in [6.45, 7) is 5.82. The minimum absolute atomic E-state index is 0.182. The van der Waals surface area contributed by atoms with Gasteiger partial charge in [0, 0.05) is 23.2 Å². The Bertz CT molecular complexity index is 640. The molecular formula is C15H19ClN2O2S. The number of amides is 1. The number of nitrogens with two attached hydrogens (primary N) is 1. The van der Waals surface area contributed by atoms with E-state index in [0.29, 0.717) is 41.3 Å². The highest BCUT2D eigenvalue weighted by atomic mass is 35.5. The van der Waals surface area contributed by atoms with Gasteiger partial charge in [-0.2, -0.15) is 0 Å². The minimum Gasteiger partial charge on any atom is -0.397 e. The lowest BCUT2D eigenvalue weighted by Crippen LogP contribution is -2.27. The maximum Gasteiger partial charge on any atom is 0.263 e. The van der Waals surface area contributed by atoms with Crippen LogP contribution >= 0.6 is 22.9 Å². The van der Waals surface area contributed by atoms with E-state index in [-0.39, 0.29) is 5.91 Å². The molecule has 21 heavy (non-hydrogen) atoms. The smallest absolute Gasteiger partial charge is 0.263 e. The van der Waals surface area contributed by atoms with Gasteiger partial charge in [-0.25, -0.2) is 0 Å². The summed E-state index contributed by atoms with van der Waals surface area (Å²) in [4.78, 5) is 12.7. The van der Waals surface area contributed by atoms with Crippen LogP contribution in [0.4, 0.5) is 5.69 Å². The van der Waals surface area contributed by atoms with Gasteiger partial charge < -0.3 is 15.8 Å². The van der Waals surface area contributed by atoms with Crippen LogP contribution in [-0.2, 0) is 4.74 Å². The molecule has 1 amide bonds. The first-order chi connectivity index (χ1) is 10.0. The highest BCUT2D eigenvalue weighted by Gasteiger charge is 2.17. The van der Waals surface area contributed by atoms with Crippen molar-refractivity contribution in [3.63, 3.8) is 0 Å². The topological polar surface area (TPSA) is 64.3 Å². The van der Waals surface area contributed by atoms with Crippen molar-refractivity contribution in [3.05, 3.63) is 28.1 Å². The third kappa shape index (κ3) is 3.87. The molecule has 0 saturated carbocycles. The number of benzene rings is 1. The normalized spacial score (nSPS) is 11.2. The summed E-state index contributed by atoms with van der Waals surface area (Å²) in [5.74, 6) is 0.305. The van der Waals surface area contributed by atoms with Crippen molar-refractivity contribution in [1.29, 1.82) is 0 Å². The predicted molar refractivity (Wildman–Crippen MR) is 89.2 cm³/mol. The van der Waals surface area contributed by atoms with E-state index in [1.165, 1.54) is 11.3 Å². The van der Waals surface area contributed by atoms with Crippen molar-refractivity contribution in [2.75, 3.05) is 25.5 Å². The van der Waals surface area contributed by atoms with Crippen LogP contribution in [0.25, 0.3) is 10.1 Å². The molecule has 0 saturated heterocycles. The molecule has 0 aliphatic rings. The van der Waals surface area contributed by atoms with Crippen LogP contribution in [0.1, 0.15) is 23.5 Å². The molecule has 0 atom stereocenters. The summed E-state index contributed by atoms with van der Waals surface area (Å²) in [5.41, 5.74) is 6.49. The molecule has 4 nitrogen and oxygen atoms in total. The summed E-state index contributed by atoms with van der Waals surface area (Å²) in [7, 11) is 0. The molecule has 0 fully saturated rings. The fraction of sp³-hybridized carbons (Fsp3) is 0.400. The Balaban J connectivity index is 2.00. The van der Waals surface area contributed by atoms with Gasteiger partial charge in [0.15, 0.2) is 0 Å². The fourth-order valence-electron chi connectivity index (χ4n) is 1.93. The van der Waals surface area contributed by atoms with Crippen molar-refractivity contribution < 1.29 is 9.53 Å². The Labute approximate surface area is 133 Å². The number of fused-ring (bicyclic) bond motifs is 1. The second kappa shape index (κ2) is 7.11. The van der Waals surface area contributed by atoms with E-state index in [0.717, 1.165) is 10.1 Å². The standard InChI is InChI=1S/C15H19ClN2O2S/c1-9(2)8-20-7-6-18-15(19)14-13(17)12-10(16)4-3-5-11(12)21-14/h3-5,9H,6-8,17H2,1-2H3,(H,18,19). The van der Waals surface area contributed by atoms with E-state index in [4.69, 9.17) is 22.1 Å². The monoisotopic (exact) mass is 326 g/mol. The second-order valence-corrected chi connectivity index (χ2v) is 6.64. The Morgan fingerprint density at radius 3 is 2.90 bits per heavy atom. The quantitative estimate of drug-likeness (QED) is 0.798. The van der Waals surface area contributed by atoms with E-state index >= 15 is 0 Å².